The van der Waals surface area contributed by atoms with Crippen LogP contribution >= 0.6 is 0 Å². The van der Waals surface area contributed by atoms with E-state index in [9.17, 15) is 5.26 Å². The molecular formula is C15H22N2O. The maximum Gasteiger partial charge on any atom is 0.138 e. The number of aryl methyl sites for hydroxylation is 1. The highest BCUT2D eigenvalue weighted by molar-refractivity contribution is 5.33. The highest BCUT2D eigenvalue weighted by Gasteiger charge is 2.24. The number of hydrogen-bond acceptors (Lipinski definition) is 3. The minimum atomic E-state index is -0.628. The molecule has 0 heterocycles. The number of ether oxygens (including phenoxy) is 1. The van der Waals surface area contributed by atoms with Gasteiger partial charge in [0.2, 0.25) is 0 Å². The largest absolute Gasteiger partial charge is 0.490 e. The van der Waals surface area contributed by atoms with Gasteiger partial charge < -0.3 is 4.74 Å². The van der Waals surface area contributed by atoms with Gasteiger partial charge in [-0.05, 0) is 37.9 Å². The molecule has 1 atom stereocenters. The third-order valence-electron chi connectivity index (χ3n) is 2.88. The summed E-state index contributed by atoms with van der Waals surface area (Å²) in [6, 6.07) is 10.3. The number of benzene rings is 1. The van der Waals surface area contributed by atoms with E-state index in [4.69, 9.17) is 4.74 Å². The number of rotatable bonds is 7. The molecule has 98 valence electrons. The van der Waals surface area contributed by atoms with Gasteiger partial charge in [0.15, 0.2) is 0 Å². The van der Waals surface area contributed by atoms with E-state index in [0.717, 1.165) is 25.1 Å². The smallest absolute Gasteiger partial charge is 0.138 e. The Balaban J connectivity index is 2.65. The van der Waals surface area contributed by atoms with Gasteiger partial charge in [-0.15, -0.1) is 0 Å². The van der Waals surface area contributed by atoms with Crippen LogP contribution in [0, 0.1) is 11.3 Å². The molecule has 0 saturated heterocycles. The lowest BCUT2D eigenvalue weighted by Crippen LogP contribution is -2.46. The van der Waals surface area contributed by atoms with E-state index in [1.807, 2.05) is 25.1 Å². The Morgan fingerprint density at radius 1 is 1.33 bits per heavy atom. The third-order valence-corrected chi connectivity index (χ3v) is 2.88. The van der Waals surface area contributed by atoms with Crippen LogP contribution < -0.4 is 10.1 Å². The molecule has 3 nitrogen and oxygen atoms in total. The summed E-state index contributed by atoms with van der Waals surface area (Å²) in [5, 5.41) is 12.4. The zero-order valence-corrected chi connectivity index (χ0v) is 11.5. The van der Waals surface area contributed by atoms with Crippen molar-refractivity contribution >= 4 is 0 Å². The molecule has 3 heteroatoms. The molecule has 0 aromatic heterocycles. The summed E-state index contributed by atoms with van der Waals surface area (Å²) >= 11 is 0. The minimum absolute atomic E-state index is 0.362. The van der Waals surface area contributed by atoms with Gasteiger partial charge in [-0.25, -0.2) is 0 Å². The molecule has 0 aliphatic heterocycles. The van der Waals surface area contributed by atoms with Crippen molar-refractivity contribution in [2.24, 2.45) is 0 Å². The van der Waals surface area contributed by atoms with Gasteiger partial charge in [-0.2, -0.15) is 5.26 Å². The minimum Gasteiger partial charge on any atom is -0.490 e. The number of para-hydroxylation sites is 1. The van der Waals surface area contributed by atoms with Crippen LogP contribution in [0.2, 0.25) is 0 Å². The fourth-order valence-electron chi connectivity index (χ4n) is 1.68. The second-order valence-corrected chi connectivity index (χ2v) is 4.62. The lowest BCUT2D eigenvalue weighted by Gasteiger charge is -2.24. The molecule has 0 aliphatic rings. The molecular weight excluding hydrogens is 224 g/mol. The van der Waals surface area contributed by atoms with Crippen LogP contribution in [-0.4, -0.2) is 18.7 Å². The van der Waals surface area contributed by atoms with Crippen LogP contribution in [0.15, 0.2) is 24.3 Å². The Kier molecular flexibility index (Phi) is 5.67. The van der Waals surface area contributed by atoms with Crippen LogP contribution in [0.5, 0.6) is 5.75 Å². The van der Waals surface area contributed by atoms with Gasteiger partial charge >= 0.3 is 0 Å². The predicted octanol–water partition coefficient (Wildman–Crippen LogP) is 2.91. The summed E-state index contributed by atoms with van der Waals surface area (Å²) in [5.74, 6) is 0.875. The topological polar surface area (TPSA) is 45.0 Å². The van der Waals surface area contributed by atoms with Crippen molar-refractivity contribution in [3.63, 3.8) is 0 Å². The fourth-order valence-corrected chi connectivity index (χ4v) is 1.68. The maximum atomic E-state index is 9.22. The van der Waals surface area contributed by atoms with E-state index in [-0.39, 0.29) is 0 Å². The van der Waals surface area contributed by atoms with Crippen molar-refractivity contribution in [1.82, 2.24) is 5.32 Å². The van der Waals surface area contributed by atoms with Crippen LogP contribution in [0.25, 0.3) is 0 Å². The first-order valence-electron chi connectivity index (χ1n) is 6.52. The first-order chi connectivity index (χ1) is 8.65. The van der Waals surface area contributed by atoms with E-state index in [0.29, 0.717) is 6.61 Å². The summed E-state index contributed by atoms with van der Waals surface area (Å²) in [7, 11) is 0. The van der Waals surface area contributed by atoms with Crippen LogP contribution in [-0.2, 0) is 6.42 Å². The zero-order valence-electron chi connectivity index (χ0n) is 11.5. The monoisotopic (exact) mass is 246 g/mol. The van der Waals surface area contributed by atoms with Gasteiger partial charge in [0.25, 0.3) is 0 Å². The second-order valence-electron chi connectivity index (χ2n) is 4.62. The Bertz CT molecular complexity index is 411. The van der Waals surface area contributed by atoms with Crippen molar-refractivity contribution in [2.75, 3.05) is 13.2 Å². The Morgan fingerprint density at radius 3 is 2.67 bits per heavy atom. The molecule has 1 aromatic carbocycles. The molecule has 18 heavy (non-hydrogen) atoms. The molecule has 0 amide bonds. The van der Waals surface area contributed by atoms with Crippen molar-refractivity contribution in [2.45, 2.75) is 39.2 Å². The summed E-state index contributed by atoms with van der Waals surface area (Å²) in [4.78, 5) is 0. The number of nitriles is 1. The zero-order chi connectivity index (χ0) is 13.4. The lowest BCUT2D eigenvalue weighted by atomic mass is 10.1. The number of nitrogens with one attached hydrogen (secondary N) is 1. The van der Waals surface area contributed by atoms with Gasteiger partial charge in [-0.3, -0.25) is 5.32 Å². The molecule has 1 unspecified atom stereocenters. The Hall–Kier alpha value is -1.53. The number of hydrogen-bond donors (Lipinski definition) is 1. The Morgan fingerprint density at radius 2 is 2.06 bits per heavy atom. The molecule has 1 aromatic rings. The van der Waals surface area contributed by atoms with Crippen molar-refractivity contribution in [3.05, 3.63) is 29.8 Å². The fraction of sp³-hybridized carbons (Fsp3) is 0.533. The van der Waals surface area contributed by atoms with Gasteiger partial charge in [0.1, 0.15) is 17.9 Å². The molecule has 0 saturated carbocycles. The second kappa shape index (κ2) is 7.03. The highest BCUT2D eigenvalue weighted by atomic mass is 16.5. The van der Waals surface area contributed by atoms with Crippen molar-refractivity contribution in [3.8, 4) is 11.8 Å². The lowest BCUT2D eigenvalue weighted by molar-refractivity contribution is 0.232. The average Bonchev–Trinajstić information content (AvgIpc) is 2.43. The molecule has 1 rings (SSSR count). The molecule has 0 radical (unpaired) electrons. The van der Waals surface area contributed by atoms with Crippen molar-refractivity contribution in [1.29, 1.82) is 5.26 Å². The molecule has 0 spiro atoms. The standard InChI is InChI=1S/C15H22N2O/c1-4-10-17-15(3,11-16)12-18-14-9-7-6-8-13(14)5-2/h6-9,17H,4-5,10,12H2,1-3H3. The quantitative estimate of drug-likeness (QED) is 0.804. The maximum absolute atomic E-state index is 9.22. The summed E-state index contributed by atoms with van der Waals surface area (Å²) in [6.45, 7) is 7.24. The van der Waals surface area contributed by atoms with Crippen LogP contribution in [0.3, 0.4) is 0 Å². The van der Waals surface area contributed by atoms with Gasteiger partial charge in [0.05, 0.1) is 6.07 Å². The molecule has 1 N–H and O–H groups in total. The SMILES string of the molecule is CCCNC(C)(C#N)COc1ccccc1CC. The summed E-state index contributed by atoms with van der Waals surface area (Å²) in [6.07, 6.45) is 1.94. The Labute approximate surface area is 110 Å². The van der Waals surface area contributed by atoms with E-state index >= 15 is 0 Å². The average molecular weight is 246 g/mol. The predicted molar refractivity (Wildman–Crippen MR) is 73.6 cm³/mol. The van der Waals surface area contributed by atoms with Crippen LogP contribution in [0.1, 0.15) is 32.8 Å². The molecule has 0 bridgehead atoms. The number of nitrogens with zero attached hydrogens (tertiary/aromatic N) is 1. The van der Waals surface area contributed by atoms with E-state index < -0.39 is 5.54 Å². The third kappa shape index (κ3) is 4.05. The van der Waals surface area contributed by atoms with E-state index in [1.54, 1.807) is 0 Å². The van der Waals surface area contributed by atoms with Gasteiger partial charge in [0, 0.05) is 0 Å². The van der Waals surface area contributed by atoms with E-state index in [1.165, 1.54) is 5.56 Å². The summed E-state index contributed by atoms with van der Waals surface area (Å²) < 4.78 is 5.80. The van der Waals surface area contributed by atoms with Crippen molar-refractivity contribution < 1.29 is 4.74 Å². The first-order valence-corrected chi connectivity index (χ1v) is 6.52. The van der Waals surface area contributed by atoms with E-state index in [2.05, 4.69) is 31.3 Å². The highest BCUT2D eigenvalue weighted by Crippen LogP contribution is 2.19. The molecule has 0 aliphatic carbocycles. The molecule has 0 fully saturated rings. The summed E-state index contributed by atoms with van der Waals surface area (Å²) in [5.41, 5.74) is 0.546. The van der Waals surface area contributed by atoms with Gasteiger partial charge in [-0.1, -0.05) is 32.0 Å². The van der Waals surface area contributed by atoms with Crippen LogP contribution in [0.4, 0.5) is 0 Å². The normalized spacial score (nSPS) is 13.7. The first kappa shape index (κ1) is 14.5.